The second-order valence-electron chi connectivity index (χ2n) is 3.03. The largest absolute Gasteiger partial charge is 0.261 e. The molecule has 0 aliphatic carbocycles. The van der Waals surface area contributed by atoms with Gasteiger partial charge >= 0.3 is 0 Å². The summed E-state index contributed by atoms with van der Waals surface area (Å²) in [7, 11) is 0. The van der Waals surface area contributed by atoms with E-state index in [0.717, 1.165) is 17.4 Å². The molecule has 1 nitrogen and oxygen atoms in total. The minimum Gasteiger partial charge on any atom is -0.261 e. The van der Waals surface area contributed by atoms with Crippen molar-refractivity contribution in [1.29, 1.82) is 0 Å². The van der Waals surface area contributed by atoms with E-state index in [4.69, 9.17) is 0 Å². The highest BCUT2D eigenvalue weighted by Crippen LogP contribution is 2.17. The summed E-state index contributed by atoms with van der Waals surface area (Å²) < 4.78 is 13.2. The van der Waals surface area contributed by atoms with Gasteiger partial charge in [-0.05, 0) is 18.1 Å². The first-order valence-electron chi connectivity index (χ1n) is 4.33. The highest BCUT2D eigenvalue weighted by atomic mass is 19.1. The van der Waals surface area contributed by atoms with Crippen molar-refractivity contribution in [3.63, 3.8) is 0 Å². The molecule has 2 aromatic rings. The summed E-state index contributed by atoms with van der Waals surface area (Å²) in [5.74, 6) is -0.243. The quantitative estimate of drug-likeness (QED) is 0.649. The van der Waals surface area contributed by atoms with Crippen molar-refractivity contribution >= 4 is 10.8 Å². The standard InChI is InChI=1S/C11H10FN/c1-2-8-3-4-9-6-13-7-11(12)10(9)5-8/h3-7H,2H2,1H3. The zero-order valence-corrected chi connectivity index (χ0v) is 7.42. The van der Waals surface area contributed by atoms with Gasteiger partial charge in [-0.15, -0.1) is 0 Å². The second-order valence-corrected chi connectivity index (χ2v) is 3.03. The molecule has 0 aliphatic heterocycles. The van der Waals surface area contributed by atoms with Crippen LogP contribution in [0.15, 0.2) is 30.6 Å². The van der Waals surface area contributed by atoms with Gasteiger partial charge in [0.25, 0.3) is 0 Å². The van der Waals surface area contributed by atoms with E-state index >= 15 is 0 Å². The molecule has 13 heavy (non-hydrogen) atoms. The van der Waals surface area contributed by atoms with Crippen molar-refractivity contribution in [2.45, 2.75) is 13.3 Å². The molecule has 0 radical (unpaired) electrons. The highest BCUT2D eigenvalue weighted by molar-refractivity contribution is 5.82. The fourth-order valence-electron chi connectivity index (χ4n) is 1.40. The maximum absolute atomic E-state index is 13.2. The predicted octanol–water partition coefficient (Wildman–Crippen LogP) is 2.94. The van der Waals surface area contributed by atoms with E-state index in [0.29, 0.717) is 5.39 Å². The maximum atomic E-state index is 13.2. The van der Waals surface area contributed by atoms with Crippen LogP contribution in [0.5, 0.6) is 0 Å². The Morgan fingerprint density at radius 3 is 2.92 bits per heavy atom. The lowest BCUT2D eigenvalue weighted by molar-refractivity contribution is 0.634. The Kier molecular flexibility index (Phi) is 1.97. The molecule has 0 atom stereocenters. The van der Waals surface area contributed by atoms with E-state index < -0.39 is 0 Å². The third kappa shape index (κ3) is 1.39. The fourth-order valence-corrected chi connectivity index (χ4v) is 1.40. The molecule has 0 fully saturated rings. The molecule has 0 bridgehead atoms. The first-order chi connectivity index (χ1) is 6.31. The SMILES string of the molecule is CCc1ccc2cncc(F)c2c1. The van der Waals surface area contributed by atoms with E-state index in [9.17, 15) is 4.39 Å². The average Bonchev–Trinajstić information content (AvgIpc) is 2.18. The molecule has 2 rings (SSSR count). The van der Waals surface area contributed by atoms with Gasteiger partial charge < -0.3 is 0 Å². The Bertz CT molecular complexity index is 437. The molecule has 0 spiro atoms. The van der Waals surface area contributed by atoms with Gasteiger partial charge in [0.2, 0.25) is 0 Å². The van der Waals surface area contributed by atoms with Gasteiger partial charge in [-0.2, -0.15) is 0 Å². The number of nitrogens with zero attached hydrogens (tertiary/aromatic N) is 1. The number of rotatable bonds is 1. The second kappa shape index (κ2) is 3.13. The number of hydrogen-bond donors (Lipinski definition) is 0. The number of benzene rings is 1. The summed E-state index contributed by atoms with van der Waals surface area (Å²) in [6.45, 7) is 2.06. The van der Waals surface area contributed by atoms with Crippen molar-refractivity contribution in [3.05, 3.63) is 42.0 Å². The summed E-state index contributed by atoms with van der Waals surface area (Å²) >= 11 is 0. The van der Waals surface area contributed by atoms with Gasteiger partial charge in [-0.3, -0.25) is 4.98 Å². The molecule has 0 N–H and O–H groups in total. The summed E-state index contributed by atoms with van der Waals surface area (Å²) in [6.07, 6.45) is 3.86. The van der Waals surface area contributed by atoms with Crippen LogP contribution in [-0.2, 0) is 6.42 Å². The maximum Gasteiger partial charge on any atom is 0.149 e. The summed E-state index contributed by atoms with van der Waals surface area (Å²) in [5, 5.41) is 1.52. The average molecular weight is 175 g/mol. The fraction of sp³-hybridized carbons (Fsp3) is 0.182. The summed E-state index contributed by atoms with van der Waals surface area (Å²) in [6, 6.07) is 5.79. The van der Waals surface area contributed by atoms with Crippen LogP contribution in [0.4, 0.5) is 4.39 Å². The lowest BCUT2D eigenvalue weighted by atomic mass is 10.1. The molecular formula is C11H10FN. The third-order valence-corrected chi connectivity index (χ3v) is 2.18. The molecule has 0 saturated carbocycles. The highest BCUT2D eigenvalue weighted by Gasteiger charge is 2.00. The van der Waals surface area contributed by atoms with E-state index in [2.05, 4.69) is 11.9 Å². The Morgan fingerprint density at radius 1 is 1.31 bits per heavy atom. The first-order valence-corrected chi connectivity index (χ1v) is 4.33. The molecule has 1 heterocycles. The van der Waals surface area contributed by atoms with Crippen molar-refractivity contribution < 1.29 is 4.39 Å². The molecule has 0 unspecified atom stereocenters. The molecule has 66 valence electrons. The van der Waals surface area contributed by atoms with Crippen LogP contribution in [0.2, 0.25) is 0 Å². The lowest BCUT2D eigenvalue weighted by Crippen LogP contribution is -1.85. The minimum atomic E-state index is -0.243. The molecule has 1 aromatic heterocycles. The minimum absolute atomic E-state index is 0.243. The zero-order chi connectivity index (χ0) is 9.26. The zero-order valence-electron chi connectivity index (χ0n) is 7.42. The van der Waals surface area contributed by atoms with Gasteiger partial charge in [-0.1, -0.05) is 19.1 Å². The number of fused-ring (bicyclic) bond motifs is 1. The van der Waals surface area contributed by atoms with E-state index in [1.165, 1.54) is 6.20 Å². The van der Waals surface area contributed by atoms with E-state index in [1.807, 2.05) is 18.2 Å². The van der Waals surface area contributed by atoms with Crippen LogP contribution in [0.1, 0.15) is 12.5 Å². The Labute approximate surface area is 76.2 Å². The topological polar surface area (TPSA) is 12.9 Å². The molecular weight excluding hydrogens is 165 g/mol. The van der Waals surface area contributed by atoms with Gasteiger partial charge in [0, 0.05) is 17.0 Å². The first kappa shape index (κ1) is 8.17. The molecule has 0 amide bonds. The van der Waals surface area contributed by atoms with Crippen molar-refractivity contribution in [3.8, 4) is 0 Å². The number of pyridine rings is 1. The molecule has 0 saturated heterocycles. The Balaban J connectivity index is 2.74. The number of halogens is 1. The van der Waals surface area contributed by atoms with E-state index in [-0.39, 0.29) is 5.82 Å². The van der Waals surface area contributed by atoms with Crippen LogP contribution < -0.4 is 0 Å². The van der Waals surface area contributed by atoms with E-state index in [1.54, 1.807) is 6.20 Å². The van der Waals surface area contributed by atoms with Gasteiger partial charge in [0.05, 0.1) is 6.20 Å². The normalized spacial score (nSPS) is 10.6. The molecule has 2 heteroatoms. The number of aromatic nitrogens is 1. The number of hydrogen-bond acceptors (Lipinski definition) is 1. The van der Waals surface area contributed by atoms with Crippen LogP contribution in [-0.4, -0.2) is 4.98 Å². The van der Waals surface area contributed by atoms with Crippen LogP contribution in [0.25, 0.3) is 10.8 Å². The predicted molar refractivity (Wildman–Crippen MR) is 51.1 cm³/mol. The Morgan fingerprint density at radius 2 is 2.15 bits per heavy atom. The van der Waals surface area contributed by atoms with Crippen LogP contribution in [0.3, 0.4) is 0 Å². The monoisotopic (exact) mass is 175 g/mol. The summed E-state index contributed by atoms with van der Waals surface area (Å²) in [5.41, 5.74) is 1.15. The van der Waals surface area contributed by atoms with Crippen molar-refractivity contribution in [1.82, 2.24) is 4.98 Å². The van der Waals surface area contributed by atoms with Gasteiger partial charge in [-0.25, -0.2) is 4.39 Å². The van der Waals surface area contributed by atoms with Crippen molar-refractivity contribution in [2.75, 3.05) is 0 Å². The molecule has 0 aliphatic rings. The van der Waals surface area contributed by atoms with Crippen LogP contribution in [0, 0.1) is 5.82 Å². The Hall–Kier alpha value is -1.44. The molecule has 1 aromatic carbocycles. The lowest BCUT2D eigenvalue weighted by Gasteiger charge is -2.00. The van der Waals surface area contributed by atoms with Gasteiger partial charge in [0.15, 0.2) is 0 Å². The smallest absolute Gasteiger partial charge is 0.149 e. The van der Waals surface area contributed by atoms with Gasteiger partial charge in [0.1, 0.15) is 5.82 Å². The summed E-state index contributed by atoms with van der Waals surface area (Å²) in [4.78, 5) is 3.79. The third-order valence-electron chi connectivity index (χ3n) is 2.18. The number of aryl methyl sites for hydroxylation is 1. The van der Waals surface area contributed by atoms with Crippen molar-refractivity contribution in [2.24, 2.45) is 0 Å². The van der Waals surface area contributed by atoms with Crippen LogP contribution >= 0.6 is 0 Å².